The van der Waals surface area contributed by atoms with Gasteiger partial charge in [0.25, 0.3) is 5.91 Å². The second-order valence-corrected chi connectivity index (χ2v) is 5.82. The van der Waals surface area contributed by atoms with Crippen molar-refractivity contribution in [2.75, 3.05) is 0 Å². The average molecular weight is 278 g/mol. The van der Waals surface area contributed by atoms with Crippen LogP contribution in [0.2, 0.25) is 0 Å². The number of aromatic amines is 1. The van der Waals surface area contributed by atoms with Crippen LogP contribution in [0, 0.1) is 22.0 Å². The number of rotatable bonds is 3. The Morgan fingerprint density at radius 1 is 1.35 bits per heavy atom. The van der Waals surface area contributed by atoms with Gasteiger partial charge in [-0.05, 0) is 31.1 Å². The van der Waals surface area contributed by atoms with Gasteiger partial charge in [-0.25, -0.2) is 0 Å². The van der Waals surface area contributed by atoms with Gasteiger partial charge < -0.3 is 5.32 Å². The predicted octanol–water partition coefficient (Wildman–Crippen LogP) is 2.02. The summed E-state index contributed by atoms with van der Waals surface area (Å²) in [6, 6.07) is 0.129. The first kappa shape index (κ1) is 13.1. The fourth-order valence-electron chi connectivity index (χ4n) is 3.68. The maximum absolute atomic E-state index is 12.1. The molecule has 20 heavy (non-hydrogen) atoms. The minimum Gasteiger partial charge on any atom is -0.348 e. The summed E-state index contributed by atoms with van der Waals surface area (Å²) in [6.07, 6.45) is 8.05. The van der Waals surface area contributed by atoms with Crippen molar-refractivity contribution >= 4 is 11.6 Å². The third kappa shape index (κ3) is 2.39. The van der Waals surface area contributed by atoms with Crippen molar-refractivity contribution in [1.29, 1.82) is 0 Å². The Hall–Kier alpha value is -1.92. The van der Waals surface area contributed by atoms with E-state index in [-0.39, 0.29) is 17.4 Å². The highest BCUT2D eigenvalue weighted by Gasteiger charge is 2.35. The average Bonchev–Trinajstić information content (AvgIpc) is 3.06. The number of fused-ring (bicyclic) bond motifs is 1. The van der Waals surface area contributed by atoms with Gasteiger partial charge >= 0.3 is 5.69 Å². The Kier molecular flexibility index (Phi) is 3.42. The van der Waals surface area contributed by atoms with Gasteiger partial charge in [-0.15, -0.1) is 0 Å². The molecular formula is C13H18N4O3. The van der Waals surface area contributed by atoms with Gasteiger partial charge in [0.1, 0.15) is 6.20 Å². The van der Waals surface area contributed by atoms with E-state index in [9.17, 15) is 14.9 Å². The molecule has 108 valence electrons. The third-order valence-corrected chi connectivity index (χ3v) is 4.67. The molecule has 1 amide bonds. The Morgan fingerprint density at radius 2 is 2.15 bits per heavy atom. The molecule has 3 rings (SSSR count). The molecule has 3 unspecified atom stereocenters. The number of carbonyl (C=O) groups is 1. The highest BCUT2D eigenvalue weighted by molar-refractivity contribution is 5.96. The highest BCUT2D eigenvalue weighted by atomic mass is 16.6. The molecular weight excluding hydrogens is 260 g/mol. The lowest BCUT2D eigenvalue weighted by Crippen LogP contribution is -2.40. The molecule has 1 heterocycles. The SMILES string of the molecule is O=C(NC1CCC2CCCC2C1)c1[nH]ncc1[N+](=O)[O-]. The van der Waals surface area contributed by atoms with Crippen LogP contribution < -0.4 is 5.32 Å². The van der Waals surface area contributed by atoms with E-state index in [2.05, 4.69) is 15.5 Å². The first-order valence-electron chi connectivity index (χ1n) is 7.13. The Bertz CT molecular complexity index is 527. The Labute approximate surface area is 116 Å². The van der Waals surface area contributed by atoms with Crippen molar-refractivity contribution in [3.63, 3.8) is 0 Å². The first-order valence-corrected chi connectivity index (χ1v) is 7.13. The summed E-state index contributed by atoms with van der Waals surface area (Å²) in [5.41, 5.74) is -0.319. The number of H-pyrrole nitrogens is 1. The van der Waals surface area contributed by atoms with E-state index in [0.717, 1.165) is 31.4 Å². The second-order valence-electron chi connectivity index (χ2n) is 5.82. The summed E-state index contributed by atoms with van der Waals surface area (Å²) in [7, 11) is 0. The zero-order chi connectivity index (χ0) is 14.1. The van der Waals surface area contributed by atoms with Crippen LogP contribution in [0.1, 0.15) is 49.0 Å². The van der Waals surface area contributed by atoms with Gasteiger partial charge in [0.2, 0.25) is 5.69 Å². The Balaban J connectivity index is 1.64. The van der Waals surface area contributed by atoms with E-state index in [0.29, 0.717) is 5.92 Å². The van der Waals surface area contributed by atoms with Crippen LogP contribution >= 0.6 is 0 Å². The number of hydrogen-bond acceptors (Lipinski definition) is 4. The molecule has 2 N–H and O–H groups in total. The lowest BCUT2D eigenvalue weighted by Gasteiger charge is -2.32. The van der Waals surface area contributed by atoms with E-state index in [1.54, 1.807) is 0 Å². The first-order chi connectivity index (χ1) is 9.65. The molecule has 3 atom stereocenters. The molecule has 0 aromatic carbocycles. The van der Waals surface area contributed by atoms with E-state index >= 15 is 0 Å². The number of nitrogens with zero attached hydrogens (tertiary/aromatic N) is 2. The van der Waals surface area contributed by atoms with Crippen LogP contribution in [0.15, 0.2) is 6.20 Å². The van der Waals surface area contributed by atoms with Crippen LogP contribution in [0.5, 0.6) is 0 Å². The summed E-state index contributed by atoms with van der Waals surface area (Å²) < 4.78 is 0. The van der Waals surface area contributed by atoms with E-state index in [1.165, 1.54) is 19.3 Å². The molecule has 0 bridgehead atoms. The zero-order valence-corrected chi connectivity index (χ0v) is 11.2. The molecule has 0 saturated heterocycles. The summed E-state index contributed by atoms with van der Waals surface area (Å²) in [4.78, 5) is 22.3. The monoisotopic (exact) mass is 278 g/mol. The van der Waals surface area contributed by atoms with Crippen LogP contribution in [-0.4, -0.2) is 27.1 Å². The van der Waals surface area contributed by atoms with Gasteiger partial charge in [0.05, 0.1) is 4.92 Å². The molecule has 2 aliphatic rings. The fourth-order valence-corrected chi connectivity index (χ4v) is 3.68. The smallest absolute Gasteiger partial charge is 0.319 e. The van der Waals surface area contributed by atoms with E-state index in [1.807, 2.05) is 0 Å². The number of aromatic nitrogens is 2. The molecule has 7 nitrogen and oxygen atoms in total. The van der Waals surface area contributed by atoms with E-state index < -0.39 is 10.8 Å². The molecule has 7 heteroatoms. The minimum absolute atomic E-state index is 0.0523. The molecule has 1 aromatic rings. The molecule has 2 aliphatic carbocycles. The maximum atomic E-state index is 12.1. The van der Waals surface area contributed by atoms with Gasteiger partial charge in [-0.3, -0.25) is 20.0 Å². The van der Waals surface area contributed by atoms with Gasteiger partial charge in [-0.2, -0.15) is 5.10 Å². The van der Waals surface area contributed by atoms with Crippen molar-refractivity contribution in [2.45, 2.75) is 44.6 Å². The van der Waals surface area contributed by atoms with Gasteiger partial charge in [0.15, 0.2) is 0 Å². The quantitative estimate of drug-likeness (QED) is 0.652. The van der Waals surface area contributed by atoms with Crippen molar-refractivity contribution in [3.05, 3.63) is 22.0 Å². The zero-order valence-electron chi connectivity index (χ0n) is 11.2. The maximum Gasteiger partial charge on any atom is 0.319 e. The van der Waals surface area contributed by atoms with Crippen LogP contribution in [0.25, 0.3) is 0 Å². The molecule has 1 aromatic heterocycles. The number of nitro groups is 1. The molecule has 2 fully saturated rings. The van der Waals surface area contributed by atoms with Crippen molar-refractivity contribution < 1.29 is 9.72 Å². The molecule has 0 radical (unpaired) electrons. The lowest BCUT2D eigenvalue weighted by molar-refractivity contribution is -0.385. The summed E-state index contributed by atoms with van der Waals surface area (Å²) in [6.45, 7) is 0. The van der Waals surface area contributed by atoms with Crippen LogP contribution in [-0.2, 0) is 0 Å². The van der Waals surface area contributed by atoms with Crippen LogP contribution in [0.4, 0.5) is 5.69 Å². The summed E-state index contributed by atoms with van der Waals surface area (Å²) >= 11 is 0. The summed E-state index contributed by atoms with van der Waals surface area (Å²) in [5.74, 6) is 1.12. The molecule has 2 saturated carbocycles. The molecule has 0 spiro atoms. The second kappa shape index (κ2) is 5.22. The topological polar surface area (TPSA) is 101 Å². The number of nitrogens with one attached hydrogen (secondary N) is 2. The predicted molar refractivity (Wildman–Crippen MR) is 71.2 cm³/mol. The standard InChI is InChI=1S/C13H18N4O3/c18-13(12-11(17(19)20)7-14-16-12)15-10-5-4-8-2-1-3-9(8)6-10/h7-10H,1-6H2,(H,14,16)(H,15,18). The largest absolute Gasteiger partial charge is 0.348 e. The van der Waals surface area contributed by atoms with Crippen molar-refractivity contribution in [3.8, 4) is 0 Å². The van der Waals surface area contributed by atoms with E-state index in [4.69, 9.17) is 0 Å². The van der Waals surface area contributed by atoms with Crippen LogP contribution in [0.3, 0.4) is 0 Å². The van der Waals surface area contributed by atoms with Gasteiger partial charge in [-0.1, -0.05) is 19.3 Å². The van der Waals surface area contributed by atoms with Crippen molar-refractivity contribution in [2.24, 2.45) is 11.8 Å². The number of amides is 1. The lowest BCUT2D eigenvalue weighted by atomic mass is 9.79. The Morgan fingerprint density at radius 3 is 2.95 bits per heavy atom. The number of carbonyl (C=O) groups excluding carboxylic acids is 1. The normalized spacial score (nSPS) is 28.9. The van der Waals surface area contributed by atoms with Crippen molar-refractivity contribution in [1.82, 2.24) is 15.5 Å². The minimum atomic E-state index is -0.591. The molecule has 0 aliphatic heterocycles. The number of hydrogen-bond donors (Lipinski definition) is 2. The third-order valence-electron chi connectivity index (χ3n) is 4.67. The fraction of sp³-hybridized carbons (Fsp3) is 0.692. The summed E-state index contributed by atoms with van der Waals surface area (Å²) in [5, 5.41) is 19.7. The highest BCUT2D eigenvalue weighted by Crippen LogP contribution is 2.42. The van der Waals surface area contributed by atoms with Gasteiger partial charge in [0, 0.05) is 6.04 Å².